The normalized spacial score (nSPS) is 26.2. The quantitative estimate of drug-likeness (QED) is 0.236. The Bertz CT molecular complexity index is 25.2. The predicted molar refractivity (Wildman–Crippen MR) is 15.9 cm³/mol. The molecule has 0 aromatic carbocycles. The fourth-order valence-corrected chi connectivity index (χ4v) is 0.0945. The molecule has 0 saturated carbocycles. The molecule has 1 rings (SSSR count). The van der Waals surface area contributed by atoms with Gasteiger partial charge in [0.15, 0.2) is 5.62 Å². The van der Waals surface area contributed by atoms with Gasteiger partial charge in [0, 0.05) is 0 Å². The van der Waals surface area contributed by atoms with Crippen LogP contribution in [-0.2, 0) is 0 Å². The molecule has 0 aromatic heterocycles. The molecule has 0 aromatic rings. The second-order valence-corrected chi connectivity index (χ2v) is 1.09. The molecule has 0 radical (unpaired) electrons. The van der Waals surface area contributed by atoms with Crippen LogP contribution in [0.3, 0.4) is 0 Å². The van der Waals surface area contributed by atoms with Crippen LogP contribution in [0.1, 0.15) is 0 Å². The van der Waals surface area contributed by atoms with Crippen LogP contribution in [0.2, 0.25) is 0 Å². The molecule has 24 valence electrons. The van der Waals surface area contributed by atoms with Crippen molar-refractivity contribution in [2.45, 2.75) is 5.62 Å². The number of hydrazine groups is 1. The molecule has 2 N–H and O–H groups in total. The van der Waals surface area contributed by atoms with Crippen molar-refractivity contribution in [1.82, 2.24) is 10.9 Å². The van der Waals surface area contributed by atoms with Gasteiger partial charge < -0.3 is 0 Å². The van der Waals surface area contributed by atoms with Gasteiger partial charge in [0.2, 0.25) is 0 Å². The lowest BCUT2D eigenvalue weighted by atomic mass is 11.4. The van der Waals surface area contributed by atoms with Crippen molar-refractivity contribution in [3.05, 3.63) is 0 Å². The highest BCUT2D eigenvalue weighted by Gasteiger charge is 2.11. The molecule has 1 heterocycles. The van der Waals surface area contributed by atoms with Gasteiger partial charge in [-0.25, -0.2) is 10.9 Å². The van der Waals surface area contributed by atoms with E-state index in [1.54, 1.807) is 0 Å². The van der Waals surface area contributed by atoms with Crippen LogP contribution in [0.25, 0.3) is 0 Å². The molecule has 3 heteroatoms. The minimum absolute atomic E-state index is 0.0556. The van der Waals surface area contributed by atoms with Crippen LogP contribution >= 0.6 is 11.6 Å². The molecule has 1 aliphatic heterocycles. The van der Waals surface area contributed by atoms with Gasteiger partial charge in [-0.1, -0.05) is 11.6 Å². The maximum Gasteiger partial charge on any atom is 0.160 e. The maximum atomic E-state index is 5.16. The Hall–Kier alpha value is 0.210. The summed E-state index contributed by atoms with van der Waals surface area (Å²) in [7, 11) is 0. The molecule has 0 atom stereocenters. The van der Waals surface area contributed by atoms with Gasteiger partial charge in [-0.15, -0.1) is 0 Å². The third-order valence-electron chi connectivity index (χ3n) is 0.253. The second-order valence-electron chi connectivity index (χ2n) is 0.651. The van der Waals surface area contributed by atoms with Crippen molar-refractivity contribution in [3.63, 3.8) is 0 Å². The van der Waals surface area contributed by atoms with E-state index in [0.29, 0.717) is 0 Å². The van der Waals surface area contributed by atoms with Crippen molar-refractivity contribution >= 4 is 11.6 Å². The van der Waals surface area contributed by atoms with Crippen LogP contribution in [0.5, 0.6) is 0 Å². The molecule has 1 fully saturated rings. The van der Waals surface area contributed by atoms with E-state index in [1.165, 1.54) is 0 Å². The lowest BCUT2D eigenvalue weighted by molar-refractivity contribution is 1.17. The molecule has 1 aliphatic rings. The van der Waals surface area contributed by atoms with E-state index < -0.39 is 0 Å². The van der Waals surface area contributed by atoms with E-state index in [9.17, 15) is 0 Å². The summed E-state index contributed by atoms with van der Waals surface area (Å²) in [6.07, 6.45) is 0. The number of alkyl halides is 1. The molecule has 4 heavy (non-hydrogen) atoms. The first-order chi connectivity index (χ1) is 1.89. The largest absolute Gasteiger partial charge is 0.224 e. The molecule has 1 saturated heterocycles. The van der Waals surface area contributed by atoms with E-state index in [-0.39, 0.29) is 5.62 Å². The van der Waals surface area contributed by atoms with Gasteiger partial charge in [-0.3, -0.25) is 0 Å². The first kappa shape index (κ1) is 2.45. The summed E-state index contributed by atoms with van der Waals surface area (Å²) in [5.41, 5.74) is 5.28. The molecular weight excluding hydrogens is 75.5 g/mol. The topological polar surface area (TPSA) is 43.9 Å². The van der Waals surface area contributed by atoms with Crippen LogP contribution in [0.15, 0.2) is 0 Å². The Kier molecular flexibility index (Phi) is 0.353. The van der Waals surface area contributed by atoms with Crippen molar-refractivity contribution in [2.75, 3.05) is 0 Å². The summed E-state index contributed by atoms with van der Waals surface area (Å²) in [4.78, 5) is 0. The average molecular weight is 78.5 g/mol. The Labute approximate surface area is 29.1 Å². The number of hydrogen-bond donors (Lipinski definition) is 2. The average Bonchev–Trinajstić information content (AvgIpc) is 1.75. The summed E-state index contributed by atoms with van der Waals surface area (Å²) >= 11 is 5.16. The first-order valence-electron chi connectivity index (χ1n) is 1.05. The highest BCUT2D eigenvalue weighted by Crippen LogP contribution is 1.89. The Morgan fingerprint density at radius 3 is 1.75 bits per heavy atom. The highest BCUT2D eigenvalue weighted by molar-refractivity contribution is 6.21. The number of halogens is 1. The lowest BCUT2D eigenvalue weighted by Crippen LogP contribution is -1.71. The first-order valence-corrected chi connectivity index (χ1v) is 1.48. The fourth-order valence-electron chi connectivity index (χ4n) is 0.0315. The molecule has 0 aliphatic carbocycles. The Morgan fingerprint density at radius 2 is 1.75 bits per heavy atom. The van der Waals surface area contributed by atoms with Gasteiger partial charge in [0.25, 0.3) is 0 Å². The monoisotopic (exact) mass is 78.0 g/mol. The summed E-state index contributed by atoms with van der Waals surface area (Å²) in [6, 6.07) is 0. The lowest BCUT2D eigenvalue weighted by Gasteiger charge is -1.46. The number of rotatable bonds is 0. The van der Waals surface area contributed by atoms with E-state index in [4.69, 9.17) is 11.6 Å². The van der Waals surface area contributed by atoms with Crippen molar-refractivity contribution in [2.24, 2.45) is 0 Å². The zero-order valence-electron chi connectivity index (χ0n) is 1.96. The molecule has 0 bridgehead atoms. The molecule has 0 spiro atoms. The van der Waals surface area contributed by atoms with Gasteiger partial charge >= 0.3 is 0 Å². The Balaban J connectivity index is 2.17. The van der Waals surface area contributed by atoms with Crippen LogP contribution < -0.4 is 10.9 Å². The number of hydrogen-bond acceptors (Lipinski definition) is 2. The predicted octanol–water partition coefficient (Wildman–Crippen LogP) is -0.383. The summed E-state index contributed by atoms with van der Waals surface area (Å²) in [5.74, 6) is 0. The van der Waals surface area contributed by atoms with Gasteiger partial charge in [0.05, 0.1) is 0 Å². The van der Waals surface area contributed by atoms with Gasteiger partial charge in [-0.2, -0.15) is 0 Å². The smallest absolute Gasteiger partial charge is 0.160 e. The van der Waals surface area contributed by atoms with Crippen LogP contribution in [0, 0.1) is 0 Å². The second kappa shape index (κ2) is 0.578. The minimum Gasteiger partial charge on any atom is -0.224 e. The SMILES string of the molecule is ClC1NN1. The Morgan fingerprint density at radius 1 is 1.50 bits per heavy atom. The minimum atomic E-state index is 0.0556. The van der Waals surface area contributed by atoms with Crippen molar-refractivity contribution in [1.29, 1.82) is 0 Å². The standard InChI is InChI=1S/CH3ClN2/c2-1-3-4-1/h1,3-4H. The van der Waals surface area contributed by atoms with Gasteiger partial charge in [-0.05, 0) is 0 Å². The zero-order chi connectivity index (χ0) is 2.99. The number of nitrogens with one attached hydrogen (secondary N) is 2. The zero-order valence-corrected chi connectivity index (χ0v) is 2.71. The highest BCUT2D eigenvalue weighted by atomic mass is 35.5. The molecule has 2 nitrogen and oxygen atoms in total. The van der Waals surface area contributed by atoms with Crippen LogP contribution in [0.4, 0.5) is 0 Å². The molecule has 0 amide bonds. The third kappa shape index (κ3) is 0.314. The summed E-state index contributed by atoms with van der Waals surface area (Å²) < 4.78 is 0. The van der Waals surface area contributed by atoms with Crippen LogP contribution in [-0.4, -0.2) is 5.62 Å². The molecule has 0 unspecified atom stereocenters. The van der Waals surface area contributed by atoms with E-state index in [1.807, 2.05) is 0 Å². The fraction of sp³-hybridized carbons (Fsp3) is 1.00. The third-order valence-corrected chi connectivity index (χ3v) is 0.472. The maximum absolute atomic E-state index is 5.16. The van der Waals surface area contributed by atoms with Gasteiger partial charge in [0.1, 0.15) is 0 Å². The van der Waals surface area contributed by atoms with E-state index in [0.717, 1.165) is 0 Å². The van der Waals surface area contributed by atoms with E-state index >= 15 is 0 Å². The van der Waals surface area contributed by atoms with E-state index in [2.05, 4.69) is 10.9 Å². The summed E-state index contributed by atoms with van der Waals surface area (Å²) in [5, 5.41) is 0. The molecular formula is CH3ClN2. The van der Waals surface area contributed by atoms with Crippen molar-refractivity contribution < 1.29 is 0 Å². The summed E-state index contributed by atoms with van der Waals surface area (Å²) in [6.45, 7) is 0. The van der Waals surface area contributed by atoms with Crippen molar-refractivity contribution in [3.8, 4) is 0 Å².